The first-order valence-corrected chi connectivity index (χ1v) is 13.9. The van der Waals surface area contributed by atoms with Crippen LogP contribution in [0.25, 0.3) is 17.0 Å². The maximum Gasteiger partial charge on any atom is 0.344 e. The molecule has 1 aliphatic rings. The van der Waals surface area contributed by atoms with Crippen LogP contribution in [0.1, 0.15) is 25.8 Å². The van der Waals surface area contributed by atoms with Gasteiger partial charge in [0.15, 0.2) is 0 Å². The number of aliphatic hydroxyl groups is 1. The van der Waals surface area contributed by atoms with Crippen LogP contribution in [0.15, 0.2) is 76.0 Å². The summed E-state index contributed by atoms with van der Waals surface area (Å²) in [5.41, 5.74) is 2.30. The Morgan fingerprint density at radius 3 is 2.60 bits per heavy atom. The molecule has 3 aromatic rings. The van der Waals surface area contributed by atoms with Crippen molar-refractivity contribution in [2.45, 2.75) is 26.8 Å². The number of hydrogen-bond donors (Lipinski definition) is 2. The van der Waals surface area contributed by atoms with Gasteiger partial charge in [0, 0.05) is 42.9 Å². The van der Waals surface area contributed by atoms with E-state index in [1.54, 1.807) is 44.4 Å². The third-order valence-electron chi connectivity index (χ3n) is 6.02. The summed E-state index contributed by atoms with van der Waals surface area (Å²) in [6.07, 6.45) is 4.40. The molecule has 0 fully saturated rings. The maximum atomic E-state index is 12.8. The van der Waals surface area contributed by atoms with Gasteiger partial charge in [-0.3, -0.25) is 4.79 Å². The quantitative estimate of drug-likeness (QED) is 0.225. The van der Waals surface area contributed by atoms with Gasteiger partial charge in [-0.15, -0.1) is 0 Å². The van der Waals surface area contributed by atoms with Crippen molar-refractivity contribution in [2.75, 3.05) is 33.5 Å². The molecule has 0 radical (unpaired) electrons. The number of ether oxygens (including phenoxy) is 3. The second-order valence-corrected chi connectivity index (χ2v) is 9.86. The zero-order chi connectivity index (χ0) is 28.5. The molecule has 2 aromatic carbocycles. The number of methoxy groups -OCH3 is 1. The Labute approximate surface area is 237 Å². The van der Waals surface area contributed by atoms with Crippen molar-refractivity contribution < 1.29 is 28.9 Å². The number of amides is 1. The van der Waals surface area contributed by atoms with Gasteiger partial charge in [-0.1, -0.05) is 30.0 Å². The summed E-state index contributed by atoms with van der Waals surface area (Å²) in [4.78, 5) is 30.5. The molecule has 0 spiro atoms. The highest BCUT2D eigenvalue weighted by atomic mass is 32.2. The molecule has 2 heterocycles. The van der Waals surface area contributed by atoms with Crippen molar-refractivity contribution in [3.05, 3.63) is 76.5 Å². The molecule has 2 N–H and O–H groups in total. The molecule has 1 aromatic heterocycles. The fourth-order valence-corrected chi connectivity index (χ4v) is 5.24. The number of nitrogens with zero attached hydrogens (tertiary/aromatic N) is 2. The minimum absolute atomic E-state index is 0.0196. The maximum absolute atomic E-state index is 12.8. The molecule has 4 rings (SSSR count). The minimum Gasteiger partial charge on any atom is -0.506 e. The van der Waals surface area contributed by atoms with Crippen LogP contribution in [0.5, 0.6) is 5.75 Å². The normalized spacial score (nSPS) is 15.3. The molecule has 0 aliphatic carbocycles. The number of benzene rings is 2. The van der Waals surface area contributed by atoms with E-state index < -0.39 is 5.97 Å². The zero-order valence-electron chi connectivity index (χ0n) is 22.8. The highest BCUT2D eigenvalue weighted by molar-refractivity contribution is 8.18. The number of aromatic nitrogens is 1. The molecule has 0 atom stereocenters. The SMILES string of the molecule is CCOC(=O)C1=C(O)/C(=C/c2cn(CC(=O)NCCCOC)c3ccccc23)SC1=Nc1ccc(OCC)cc1. The molecule has 0 bridgehead atoms. The smallest absolute Gasteiger partial charge is 0.344 e. The van der Waals surface area contributed by atoms with Gasteiger partial charge in [0.05, 0.1) is 23.8 Å². The summed E-state index contributed by atoms with van der Waals surface area (Å²) in [6.45, 7) is 5.59. The lowest BCUT2D eigenvalue weighted by molar-refractivity contribution is -0.138. The Hall–Kier alpha value is -4.02. The molecule has 0 unspecified atom stereocenters. The number of carbonyl (C=O) groups excluding carboxylic acids is 2. The average Bonchev–Trinajstić information content (AvgIpc) is 3.44. The van der Waals surface area contributed by atoms with Gasteiger partial charge in [0.1, 0.15) is 28.7 Å². The van der Waals surface area contributed by atoms with Crippen LogP contribution < -0.4 is 10.1 Å². The predicted octanol–water partition coefficient (Wildman–Crippen LogP) is 5.39. The number of nitrogens with one attached hydrogen (secondary N) is 1. The van der Waals surface area contributed by atoms with Crippen LogP contribution in [0.3, 0.4) is 0 Å². The summed E-state index contributed by atoms with van der Waals surface area (Å²) < 4.78 is 17.6. The van der Waals surface area contributed by atoms with Crippen molar-refractivity contribution >= 4 is 51.3 Å². The second kappa shape index (κ2) is 13.9. The van der Waals surface area contributed by atoms with E-state index >= 15 is 0 Å². The lowest BCUT2D eigenvalue weighted by Gasteiger charge is -2.07. The summed E-state index contributed by atoms with van der Waals surface area (Å²) in [7, 11) is 1.63. The third kappa shape index (κ3) is 6.94. The van der Waals surface area contributed by atoms with Crippen molar-refractivity contribution in [1.29, 1.82) is 0 Å². The molecule has 0 saturated heterocycles. The van der Waals surface area contributed by atoms with E-state index in [0.29, 0.717) is 35.4 Å². The number of fused-ring (bicyclic) bond motifs is 1. The average molecular weight is 564 g/mol. The molecule has 9 nitrogen and oxygen atoms in total. The first kappa shape index (κ1) is 29.0. The van der Waals surface area contributed by atoms with Crippen LogP contribution >= 0.6 is 11.8 Å². The lowest BCUT2D eigenvalue weighted by atomic mass is 10.1. The van der Waals surface area contributed by atoms with Crippen molar-refractivity contribution in [1.82, 2.24) is 9.88 Å². The molecule has 210 valence electrons. The third-order valence-corrected chi connectivity index (χ3v) is 7.04. The summed E-state index contributed by atoms with van der Waals surface area (Å²) in [6, 6.07) is 14.9. The Balaban J connectivity index is 1.66. The number of aliphatic imine (C=N–C) groups is 1. The molecule has 10 heteroatoms. The number of para-hydroxylation sites is 1. The fourth-order valence-electron chi connectivity index (χ4n) is 4.21. The summed E-state index contributed by atoms with van der Waals surface area (Å²) in [5.74, 6) is -0.229. The number of aliphatic hydroxyl groups excluding tert-OH is 1. The number of carbonyl (C=O) groups is 2. The highest BCUT2D eigenvalue weighted by Gasteiger charge is 2.33. The number of esters is 1. The fraction of sp³-hybridized carbons (Fsp3) is 0.300. The lowest BCUT2D eigenvalue weighted by Crippen LogP contribution is -2.28. The van der Waals surface area contributed by atoms with Crippen LogP contribution in [-0.4, -0.2) is 60.1 Å². The Morgan fingerprint density at radius 2 is 1.88 bits per heavy atom. The van der Waals surface area contributed by atoms with Crippen LogP contribution in [0.4, 0.5) is 5.69 Å². The van der Waals surface area contributed by atoms with Gasteiger partial charge in [-0.25, -0.2) is 9.79 Å². The molecular formula is C30H33N3O6S. The van der Waals surface area contributed by atoms with E-state index in [-0.39, 0.29) is 30.4 Å². The Bertz CT molecular complexity index is 1460. The van der Waals surface area contributed by atoms with Crippen LogP contribution in [0, 0.1) is 0 Å². The minimum atomic E-state index is -0.645. The zero-order valence-corrected chi connectivity index (χ0v) is 23.6. The predicted molar refractivity (Wildman–Crippen MR) is 158 cm³/mol. The van der Waals surface area contributed by atoms with Gasteiger partial charge < -0.3 is 29.2 Å². The monoisotopic (exact) mass is 563 g/mol. The van der Waals surface area contributed by atoms with E-state index in [1.165, 1.54) is 11.8 Å². The molecule has 40 heavy (non-hydrogen) atoms. The van der Waals surface area contributed by atoms with Crippen LogP contribution in [0.2, 0.25) is 0 Å². The first-order valence-electron chi connectivity index (χ1n) is 13.1. The topological polar surface area (TPSA) is 111 Å². The Morgan fingerprint density at radius 1 is 1.10 bits per heavy atom. The molecule has 0 saturated carbocycles. The largest absolute Gasteiger partial charge is 0.506 e. The van der Waals surface area contributed by atoms with Crippen molar-refractivity contribution in [3.8, 4) is 5.75 Å². The molecular weight excluding hydrogens is 530 g/mol. The van der Waals surface area contributed by atoms with Crippen LogP contribution in [-0.2, 0) is 25.6 Å². The van der Waals surface area contributed by atoms with Crippen molar-refractivity contribution in [3.63, 3.8) is 0 Å². The van der Waals surface area contributed by atoms with Crippen molar-refractivity contribution in [2.24, 2.45) is 4.99 Å². The van der Waals surface area contributed by atoms with E-state index in [2.05, 4.69) is 10.3 Å². The summed E-state index contributed by atoms with van der Waals surface area (Å²) in [5, 5.41) is 15.3. The van der Waals surface area contributed by atoms with Gasteiger partial charge in [0.25, 0.3) is 0 Å². The van der Waals surface area contributed by atoms with Gasteiger partial charge in [0.2, 0.25) is 5.91 Å². The van der Waals surface area contributed by atoms with Gasteiger partial charge >= 0.3 is 5.97 Å². The summed E-state index contributed by atoms with van der Waals surface area (Å²) >= 11 is 1.19. The molecule has 1 amide bonds. The van der Waals surface area contributed by atoms with E-state index in [1.807, 2.05) is 42.0 Å². The highest BCUT2D eigenvalue weighted by Crippen LogP contribution is 2.41. The number of rotatable bonds is 12. The first-order chi connectivity index (χ1) is 19.4. The number of hydrogen-bond acceptors (Lipinski definition) is 8. The van der Waals surface area contributed by atoms with E-state index in [0.717, 1.165) is 28.6 Å². The van der Waals surface area contributed by atoms with E-state index in [9.17, 15) is 14.7 Å². The second-order valence-electron chi connectivity index (χ2n) is 8.82. The Kier molecular flexibility index (Phi) is 10.0. The standard InChI is InChI=1S/C30H33N3O6S/c1-4-38-22-13-11-21(12-14-22)32-29-27(30(36)39-5-2)28(35)25(40-29)17-20-18-33(24-10-7-6-9-23(20)24)19-26(34)31-15-8-16-37-3/h6-7,9-14,17-18,35H,4-5,8,15-16,19H2,1-3H3,(H,31,34)/b25-17-,32-29?. The number of thioether (sulfide) groups is 1. The van der Waals surface area contributed by atoms with Gasteiger partial charge in [-0.2, -0.15) is 0 Å². The van der Waals surface area contributed by atoms with Gasteiger partial charge in [-0.05, 0) is 56.7 Å². The molecule has 1 aliphatic heterocycles. The van der Waals surface area contributed by atoms with E-state index in [4.69, 9.17) is 14.2 Å².